The van der Waals surface area contributed by atoms with Gasteiger partial charge in [-0.25, -0.2) is 4.39 Å². The number of hydrogen-bond donors (Lipinski definition) is 0. The zero-order chi connectivity index (χ0) is 21.1. The van der Waals surface area contributed by atoms with E-state index in [0.29, 0.717) is 37.2 Å². The first-order valence-electron chi connectivity index (χ1n) is 11.3. The van der Waals surface area contributed by atoms with Crippen molar-refractivity contribution >= 4 is 31.9 Å². The van der Waals surface area contributed by atoms with E-state index in [-0.39, 0.29) is 11.7 Å². The Morgan fingerprint density at radius 1 is 1.00 bits per heavy atom. The molecule has 0 amide bonds. The third-order valence-corrected chi connectivity index (χ3v) is 9.87. The molecule has 1 aromatic rings. The van der Waals surface area contributed by atoms with Crippen LogP contribution in [0.5, 0.6) is 0 Å². The summed E-state index contributed by atoms with van der Waals surface area (Å²) in [5.74, 6) is 1.19. The van der Waals surface area contributed by atoms with Crippen molar-refractivity contribution in [3.05, 3.63) is 35.1 Å². The van der Waals surface area contributed by atoms with E-state index >= 15 is 0 Å². The van der Waals surface area contributed by atoms with E-state index in [1.54, 1.807) is 6.07 Å². The van der Waals surface area contributed by atoms with E-state index in [9.17, 15) is 13.2 Å². The van der Waals surface area contributed by atoms with E-state index in [0.717, 1.165) is 24.3 Å². The Kier molecular flexibility index (Phi) is 8.20. The van der Waals surface area contributed by atoms with Crippen LogP contribution in [-0.2, 0) is 0 Å². The smallest absolute Gasteiger partial charge is 0.207 e. The molecule has 0 spiro atoms. The van der Waals surface area contributed by atoms with Crippen LogP contribution >= 0.6 is 31.9 Å². The maximum absolute atomic E-state index is 14.9. The van der Waals surface area contributed by atoms with Gasteiger partial charge in [0, 0.05) is 0 Å². The summed E-state index contributed by atoms with van der Waals surface area (Å²) in [5, 5.41) is 0. The highest BCUT2D eigenvalue weighted by Crippen LogP contribution is 2.53. The molecule has 0 unspecified atom stereocenters. The van der Waals surface area contributed by atoms with Crippen LogP contribution < -0.4 is 0 Å². The van der Waals surface area contributed by atoms with Crippen molar-refractivity contribution in [1.82, 2.24) is 0 Å². The fourth-order valence-electron chi connectivity index (χ4n) is 5.27. The second kappa shape index (κ2) is 10.1. The van der Waals surface area contributed by atoms with Gasteiger partial charge in [-0.15, -0.1) is 0 Å². The van der Waals surface area contributed by atoms with Crippen molar-refractivity contribution in [2.75, 3.05) is 0 Å². The fourth-order valence-corrected chi connectivity index (χ4v) is 6.12. The zero-order valence-electron chi connectivity index (χ0n) is 17.3. The van der Waals surface area contributed by atoms with E-state index in [1.165, 1.54) is 38.5 Å². The lowest BCUT2D eigenvalue weighted by atomic mass is 9.75. The minimum absolute atomic E-state index is 0.0267. The van der Waals surface area contributed by atoms with Crippen LogP contribution in [0, 0.1) is 11.7 Å². The van der Waals surface area contributed by atoms with Crippen molar-refractivity contribution in [3.8, 4) is 0 Å². The molecule has 1 aromatic carbocycles. The van der Waals surface area contributed by atoms with Crippen LogP contribution in [0.25, 0.3) is 0 Å². The SMILES string of the molecule is CCCCCC1CCC(c2ccc(C3CCC(Br)(C(F)(F)Br)CC3)c(F)c2)CC1. The Bertz CT molecular complexity index is 655. The van der Waals surface area contributed by atoms with Crippen LogP contribution in [0.4, 0.5) is 13.2 Å². The molecule has 5 heteroatoms. The molecule has 0 nitrogen and oxygen atoms in total. The average Bonchev–Trinajstić information content (AvgIpc) is 2.69. The maximum Gasteiger partial charge on any atom is 0.316 e. The number of unbranched alkanes of at least 4 members (excludes halogenated alkanes) is 2. The number of halogens is 5. The predicted molar refractivity (Wildman–Crippen MR) is 122 cm³/mol. The van der Waals surface area contributed by atoms with Crippen molar-refractivity contribution in [3.63, 3.8) is 0 Å². The molecule has 164 valence electrons. The Hall–Kier alpha value is -0.0300. The first-order valence-corrected chi connectivity index (χ1v) is 12.9. The summed E-state index contributed by atoms with van der Waals surface area (Å²) in [6.45, 7) is 2.25. The molecule has 0 aromatic heterocycles. The molecule has 29 heavy (non-hydrogen) atoms. The van der Waals surface area contributed by atoms with Gasteiger partial charge in [0.1, 0.15) is 5.82 Å². The predicted octanol–water partition coefficient (Wildman–Crippen LogP) is 9.46. The van der Waals surface area contributed by atoms with Crippen molar-refractivity contribution in [2.24, 2.45) is 5.92 Å². The quantitative estimate of drug-likeness (QED) is 0.240. The third-order valence-electron chi connectivity index (χ3n) is 7.28. The first-order chi connectivity index (χ1) is 13.7. The van der Waals surface area contributed by atoms with Crippen LogP contribution in [-0.4, -0.2) is 9.16 Å². The molecule has 2 aliphatic carbocycles. The van der Waals surface area contributed by atoms with Gasteiger partial charge in [0.2, 0.25) is 0 Å². The molecule has 2 saturated carbocycles. The molecule has 2 aliphatic rings. The molecule has 0 atom stereocenters. The summed E-state index contributed by atoms with van der Waals surface area (Å²) in [7, 11) is 0. The normalized spacial score (nSPS) is 31.0. The number of rotatable bonds is 7. The Balaban J connectivity index is 1.56. The van der Waals surface area contributed by atoms with Crippen molar-refractivity contribution < 1.29 is 13.2 Å². The van der Waals surface area contributed by atoms with Gasteiger partial charge in [-0.1, -0.05) is 60.7 Å². The zero-order valence-corrected chi connectivity index (χ0v) is 20.5. The Morgan fingerprint density at radius 2 is 1.66 bits per heavy atom. The third kappa shape index (κ3) is 5.81. The Labute approximate surface area is 190 Å². The molecule has 3 rings (SSSR count). The number of hydrogen-bond acceptors (Lipinski definition) is 0. The average molecular weight is 538 g/mol. The molecule has 0 saturated heterocycles. The summed E-state index contributed by atoms with van der Waals surface area (Å²) in [6, 6.07) is 5.75. The van der Waals surface area contributed by atoms with E-state index in [2.05, 4.69) is 44.8 Å². The highest BCUT2D eigenvalue weighted by molar-refractivity contribution is 9.12. The first kappa shape index (κ1) is 23.6. The van der Waals surface area contributed by atoms with Crippen LogP contribution in [0.1, 0.15) is 107 Å². The summed E-state index contributed by atoms with van der Waals surface area (Å²) in [6.07, 6.45) is 11.9. The molecule has 2 fully saturated rings. The second-order valence-electron chi connectivity index (χ2n) is 9.23. The molecule has 0 radical (unpaired) electrons. The van der Waals surface area contributed by atoms with Crippen molar-refractivity contribution in [1.29, 1.82) is 0 Å². The summed E-state index contributed by atoms with van der Waals surface area (Å²) in [5.41, 5.74) is 1.82. The lowest BCUT2D eigenvalue weighted by molar-refractivity contribution is 0.0493. The second-order valence-corrected chi connectivity index (χ2v) is 11.7. The van der Waals surface area contributed by atoms with Gasteiger partial charge in [-0.2, -0.15) is 8.78 Å². The number of benzene rings is 1. The molecule has 0 heterocycles. The number of alkyl halides is 4. The fraction of sp³-hybridized carbons (Fsp3) is 0.750. The lowest BCUT2D eigenvalue weighted by Gasteiger charge is -2.38. The van der Waals surface area contributed by atoms with E-state index in [4.69, 9.17) is 0 Å². The molecular weight excluding hydrogens is 505 g/mol. The highest BCUT2D eigenvalue weighted by atomic mass is 79.9. The monoisotopic (exact) mass is 536 g/mol. The molecule has 0 aliphatic heterocycles. The van der Waals surface area contributed by atoms with Gasteiger partial charge < -0.3 is 0 Å². The van der Waals surface area contributed by atoms with Gasteiger partial charge in [0.25, 0.3) is 0 Å². The van der Waals surface area contributed by atoms with Gasteiger partial charge in [-0.3, -0.25) is 0 Å². The minimum Gasteiger partial charge on any atom is -0.207 e. The Morgan fingerprint density at radius 3 is 2.21 bits per heavy atom. The maximum atomic E-state index is 14.9. The minimum atomic E-state index is -2.94. The van der Waals surface area contributed by atoms with Crippen LogP contribution in [0.3, 0.4) is 0 Å². The van der Waals surface area contributed by atoms with Gasteiger partial charge in [0.05, 0.1) is 4.32 Å². The van der Waals surface area contributed by atoms with Crippen LogP contribution in [0.15, 0.2) is 18.2 Å². The standard InChI is InChI=1S/C24H33Br2F3/c1-2-3-4-5-17-6-8-18(9-7-17)20-10-11-21(22(27)16-20)19-12-14-23(25,15-13-19)24(26,28)29/h10-11,16-19H,2-9,12-15H2,1H3. The van der Waals surface area contributed by atoms with Gasteiger partial charge in [-0.05, 0) is 102 Å². The van der Waals surface area contributed by atoms with E-state index in [1.807, 2.05) is 6.07 Å². The largest absolute Gasteiger partial charge is 0.316 e. The van der Waals surface area contributed by atoms with Crippen molar-refractivity contribution in [2.45, 2.75) is 105 Å². The summed E-state index contributed by atoms with van der Waals surface area (Å²) in [4.78, 5) is -2.94. The highest BCUT2D eigenvalue weighted by Gasteiger charge is 2.51. The van der Waals surface area contributed by atoms with Crippen LogP contribution in [0.2, 0.25) is 0 Å². The summed E-state index contributed by atoms with van der Waals surface area (Å²) >= 11 is 5.74. The van der Waals surface area contributed by atoms with Gasteiger partial charge in [0.15, 0.2) is 0 Å². The summed E-state index contributed by atoms with van der Waals surface area (Å²) < 4.78 is 41.2. The molecular formula is C24H33Br2F3. The molecule has 0 N–H and O–H groups in total. The van der Waals surface area contributed by atoms with E-state index < -0.39 is 9.16 Å². The molecule has 0 bridgehead atoms. The topological polar surface area (TPSA) is 0 Å². The lowest BCUT2D eigenvalue weighted by Crippen LogP contribution is -2.41. The van der Waals surface area contributed by atoms with Gasteiger partial charge >= 0.3 is 4.83 Å².